The molecular weight excluding hydrogens is 731 g/mol. The van der Waals surface area contributed by atoms with Gasteiger partial charge in [-0.2, -0.15) is 0 Å². The standard InChI is InChI=1S/C41H72BrO8P/c1-4-7-9-11-13-15-17-19-21-23-25-27-29-31-33-35-40(43)46-37-39(38-48-51(45,50-42)47-6-3)49-41(44)36-34-32-30-28-26-24-22-20-18-16-14-12-10-8-5-2/h29-36,39H,4-28,37-38H2,1-3H3/t39-,51?/m1/s1. The number of halogens is 1. The van der Waals surface area contributed by atoms with Crippen LogP contribution in [-0.4, -0.2) is 37.9 Å². The average Bonchev–Trinajstić information content (AvgIpc) is 3.12. The summed E-state index contributed by atoms with van der Waals surface area (Å²) < 4.78 is 38.2. The van der Waals surface area contributed by atoms with Crippen LogP contribution in [0.15, 0.2) is 48.6 Å². The first kappa shape index (κ1) is 49.5. The van der Waals surface area contributed by atoms with E-state index in [1.54, 1.807) is 19.1 Å². The van der Waals surface area contributed by atoms with Gasteiger partial charge in [-0.15, -0.1) is 0 Å². The number of hydrogen-bond donors (Lipinski definition) is 0. The van der Waals surface area contributed by atoms with Crippen molar-refractivity contribution in [2.75, 3.05) is 19.8 Å². The van der Waals surface area contributed by atoms with Gasteiger partial charge in [0.2, 0.25) is 0 Å². The highest BCUT2D eigenvalue weighted by Gasteiger charge is 2.28. The summed E-state index contributed by atoms with van der Waals surface area (Å²) in [6.07, 6.45) is 43.2. The maximum atomic E-state index is 12.5. The molecule has 0 bridgehead atoms. The van der Waals surface area contributed by atoms with Crippen LogP contribution in [0.4, 0.5) is 0 Å². The smallest absolute Gasteiger partial charge is 0.458 e. The first-order valence-corrected chi connectivity index (χ1v) is 22.2. The van der Waals surface area contributed by atoms with Crippen LogP contribution in [0.2, 0.25) is 0 Å². The number of unbranched alkanes of at least 4 members (excludes halogenated alkanes) is 22. The molecule has 1 unspecified atom stereocenters. The zero-order valence-corrected chi connectivity index (χ0v) is 34.9. The summed E-state index contributed by atoms with van der Waals surface area (Å²) in [4.78, 5) is 24.8. The highest BCUT2D eigenvalue weighted by Crippen LogP contribution is 2.51. The summed E-state index contributed by atoms with van der Waals surface area (Å²) in [6, 6.07) is 0. The number of carbonyl (C=O) groups excluding carboxylic acids is 2. The molecule has 0 aliphatic heterocycles. The third-order valence-corrected chi connectivity index (χ3v) is 10.7. The van der Waals surface area contributed by atoms with E-state index in [9.17, 15) is 14.2 Å². The highest BCUT2D eigenvalue weighted by molar-refractivity contribution is 9.06. The molecular formula is C41H72BrO8P. The summed E-state index contributed by atoms with van der Waals surface area (Å²) >= 11 is 2.66. The van der Waals surface area contributed by atoms with E-state index >= 15 is 0 Å². The van der Waals surface area contributed by atoms with Crippen molar-refractivity contribution in [2.45, 2.75) is 181 Å². The van der Waals surface area contributed by atoms with Crippen LogP contribution in [-0.2, 0) is 36.3 Å². The van der Waals surface area contributed by atoms with Gasteiger partial charge in [0.05, 0.1) is 13.2 Å². The number of ether oxygens (including phenoxy) is 2. The molecule has 0 aliphatic rings. The lowest BCUT2D eigenvalue weighted by Crippen LogP contribution is -2.28. The lowest BCUT2D eigenvalue weighted by molar-refractivity contribution is -0.154. The molecule has 8 nitrogen and oxygen atoms in total. The number of carbonyl (C=O) groups is 2. The fourth-order valence-corrected chi connectivity index (χ4v) is 6.74. The molecule has 0 amide bonds. The Hall–Kier alpha value is -1.51. The fourth-order valence-electron chi connectivity index (χ4n) is 5.42. The topological polar surface area (TPSA) is 97.4 Å². The monoisotopic (exact) mass is 802 g/mol. The Morgan fingerprint density at radius 3 is 1.37 bits per heavy atom. The van der Waals surface area contributed by atoms with Crippen molar-refractivity contribution in [3.8, 4) is 0 Å². The maximum absolute atomic E-state index is 12.5. The van der Waals surface area contributed by atoms with Gasteiger partial charge in [0.15, 0.2) is 6.10 Å². The van der Waals surface area contributed by atoms with Crippen LogP contribution in [0.3, 0.4) is 0 Å². The summed E-state index contributed by atoms with van der Waals surface area (Å²) in [5.74, 6) is -1.24. The normalized spacial score (nSPS) is 13.9. The number of phosphoric acid groups is 1. The lowest BCUT2D eigenvalue weighted by atomic mass is 10.1. The largest absolute Gasteiger partial charge is 0.486 e. The molecule has 0 radical (unpaired) electrons. The van der Waals surface area contributed by atoms with Crippen LogP contribution in [0.1, 0.15) is 175 Å². The average molecular weight is 804 g/mol. The molecule has 0 spiro atoms. The van der Waals surface area contributed by atoms with E-state index in [-0.39, 0.29) is 19.8 Å². The minimum Gasteiger partial charge on any atom is -0.458 e. The van der Waals surface area contributed by atoms with Crippen molar-refractivity contribution < 1.29 is 36.3 Å². The molecule has 0 fully saturated rings. The Balaban J connectivity index is 4.43. The molecule has 0 aromatic heterocycles. The number of hydrogen-bond acceptors (Lipinski definition) is 8. The van der Waals surface area contributed by atoms with Crippen molar-refractivity contribution in [3.05, 3.63) is 48.6 Å². The van der Waals surface area contributed by atoms with Gasteiger partial charge in [0, 0.05) is 12.2 Å². The second-order valence-corrected chi connectivity index (χ2v) is 15.6. The van der Waals surface area contributed by atoms with E-state index in [1.807, 2.05) is 24.3 Å². The van der Waals surface area contributed by atoms with Gasteiger partial charge >= 0.3 is 19.8 Å². The SMILES string of the molecule is CCCCCCCCCCCCCC=CC=CC(=O)OC[C@H](COP(=O)(OBr)OCC)OC(=O)C=CC=CCCCCCCCCCCCCC. The molecule has 0 aliphatic carbocycles. The van der Waals surface area contributed by atoms with Crippen molar-refractivity contribution in [3.63, 3.8) is 0 Å². The molecule has 0 heterocycles. The molecule has 0 rings (SSSR count). The second kappa shape index (κ2) is 38.2. The van der Waals surface area contributed by atoms with Gasteiger partial charge in [-0.3, -0.25) is 9.05 Å². The van der Waals surface area contributed by atoms with E-state index in [1.165, 1.54) is 141 Å². The molecule has 0 N–H and O–H groups in total. The van der Waals surface area contributed by atoms with Crippen LogP contribution >= 0.6 is 24.1 Å². The molecule has 0 saturated carbocycles. The number of esters is 2. The lowest BCUT2D eigenvalue weighted by Gasteiger charge is -2.19. The molecule has 0 saturated heterocycles. The molecule has 10 heteroatoms. The summed E-state index contributed by atoms with van der Waals surface area (Å²) in [7, 11) is -3.91. The van der Waals surface area contributed by atoms with E-state index in [2.05, 4.69) is 30.1 Å². The third kappa shape index (κ3) is 35.3. The van der Waals surface area contributed by atoms with Crippen molar-refractivity contribution in [1.82, 2.24) is 0 Å². The Morgan fingerprint density at radius 1 is 0.549 bits per heavy atom. The fraction of sp³-hybridized carbons (Fsp3) is 0.756. The zero-order chi connectivity index (χ0) is 37.5. The maximum Gasteiger partial charge on any atom is 0.486 e. The number of rotatable bonds is 37. The molecule has 0 aromatic rings. The van der Waals surface area contributed by atoms with E-state index < -0.39 is 25.9 Å². The van der Waals surface area contributed by atoms with E-state index in [4.69, 9.17) is 22.1 Å². The first-order chi connectivity index (χ1) is 24.9. The zero-order valence-electron chi connectivity index (χ0n) is 32.4. The van der Waals surface area contributed by atoms with E-state index in [0.29, 0.717) is 0 Å². The minimum atomic E-state index is -3.91. The molecule has 296 valence electrons. The first-order valence-electron chi connectivity index (χ1n) is 20.1. The third-order valence-electron chi connectivity index (χ3n) is 8.39. The predicted octanol–water partition coefficient (Wildman–Crippen LogP) is 13.6. The minimum absolute atomic E-state index is 0.0775. The van der Waals surface area contributed by atoms with Gasteiger partial charge in [-0.1, -0.05) is 179 Å². The van der Waals surface area contributed by atoms with Gasteiger partial charge in [0.25, 0.3) is 0 Å². The van der Waals surface area contributed by atoms with Crippen LogP contribution in [0, 0.1) is 0 Å². The van der Waals surface area contributed by atoms with Crippen LogP contribution < -0.4 is 0 Å². The number of allylic oxidation sites excluding steroid dienone is 6. The summed E-state index contributed by atoms with van der Waals surface area (Å²) in [5.41, 5.74) is 0. The van der Waals surface area contributed by atoms with Crippen molar-refractivity contribution in [2.24, 2.45) is 0 Å². The van der Waals surface area contributed by atoms with Gasteiger partial charge < -0.3 is 9.47 Å². The van der Waals surface area contributed by atoms with Gasteiger partial charge in [-0.25, -0.2) is 17.8 Å². The number of phosphoric ester groups is 1. The van der Waals surface area contributed by atoms with Crippen LogP contribution in [0.5, 0.6) is 0 Å². The second-order valence-electron chi connectivity index (χ2n) is 13.1. The molecule has 2 atom stereocenters. The van der Waals surface area contributed by atoms with Crippen molar-refractivity contribution in [1.29, 1.82) is 0 Å². The predicted molar refractivity (Wildman–Crippen MR) is 215 cm³/mol. The summed E-state index contributed by atoms with van der Waals surface area (Å²) in [6.45, 7) is 5.55. The molecule has 0 aromatic carbocycles. The van der Waals surface area contributed by atoms with Gasteiger partial charge in [-0.05, 0) is 32.6 Å². The summed E-state index contributed by atoms with van der Waals surface area (Å²) in [5, 5.41) is 0. The highest BCUT2D eigenvalue weighted by atomic mass is 79.9. The Labute approximate surface area is 320 Å². The van der Waals surface area contributed by atoms with E-state index in [0.717, 1.165) is 25.7 Å². The Kier molecular flexibility index (Phi) is 37.1. The quantitative estimate of drug-likeness (QED) is 0.0201. The Bertz CT molecular complexity index is 981. The van der Waals surface area contributed by atoms with Gasteiger partial charge in [0.1, 0.15) is 22.9 Å². The van der Waals surface area contributed by atoms with Crippen molar-refractivity contribution >= 4 is 36.0 Å². The van der Waals surface area contributed by atoms with Crippen LogP contribution in [0.25, 0.3) is 0 Å². The Morgan fingerprint density at radius 2 is 0.961 bits per heavy atom. The molecule has 51 heavy (non-hydrogen) atoms.